The van der Waals surface area contributed by atoms with Crippen LogP contribution in [0.5, 0.6) is 0 Å². The standard InChI is InChI=1S/C11H10N2O/c1-7(14)9-3-2-8-4-5-11(12)13-10(8)6-9/h2-6H,1H3,(H2,12,13). The summed E-state index contributed by atoms with van der Waals surface area (Å²) in [6.07, 6.45) is 0. The number of fused-ring (bicyclic) bond motifs is 1. The Balaban J connectivity index is 2.69. The van der Waals surface area contributed by atoms with E-state index in [1.165, 1.54) is 6.92 Å². The SMILES string of the molecule is CC(=O)c1ccc2ccc(N)nc2c1. The second-order valence-corrected chi connectivity index (χ2v) is 3.20. The van der Waals surface area contributed by atoms with E-state index in [0.29, 0.717) is 11.4 Å². The molecule has 0 saturated heterocycles. The lowest BCUT2D eigenvalue weighted by molar-refractivity contribution is 0.101. The second-order valence-electron chi connectivity index (χ2n) is 3.20. The number of hydrogen-bond donors (Lipinski definition) is 1. The van der Waals surface area contributed by atoms with E-state index in [9.17, 15) is 4.79 Å². The zero-order chi connectivity index (χ0) is 10.1. The van der Waals surface area contributed by atoms with Crippen molar-refractivity contribution >= 4 is 22.5 Å². The number of carbonyl (C=O) groups is 1. The molecule has 0 atom stereocenters. The van der Waals surface area contributed by atoms with Crippen LogP contribution in [0.25, 0.3) is 10.9 Å². The van der Waals surface area contributed by atoms with Gasteiger partial charge in [0.2, 0.25) is 0 Å². The predicted molar refractivity (Wildman–Crippen MR) is 56.2 cm³/mol. The van der Waals surface area contributed by atoms with Crippen molar-refractivity contribution in [3.8, 4) is 0 Å². The highest BCUT2D eigenvalue weighted by atomic mass is 16.1. The molecule has 0 radical (unpaired) electrons. The quantitative estimate of drug-likeness (QED) is 0.693. The molecule has 0 spiro atoms. The van der Waals surface area contributed by atoms with Crippen LogP contribution in [-0.4, -0.2) is 10.8 Å². The molecular formula is C11H10N2O. The number of rotatable bonds is 1. The molecule has 0 aliphatic rings. The van der Waals surface area contributed by atoms with Crippen LogP contribution in [0.15, 0.2) is 30.3 Å². The van der Waals surface area contributed by atoms with Crippen LogP contribution in [-0.2, 0) is 0 Å². The van der Waals surface area contributed by atoms with Gasteiger partial charge < -0.3 is 5.73 Å². The van der Waals surface area contributed by atoms with E-state index < -0.39 is 0 Å². The Hall–Kier alpha value is -1.90. The summed E-state index contributed by atoms with van der Waals surface area (Å²) >= 11 is 0. The molecule has 1 heterocycles. The average molecular weight is 186 g/mol. The summed E-state index contributed by atoms with van der Waals surface area (Å²) in [5.74, 6) is 0.509. The van der Waals surface area contributed by atoms with Crippen molar-refractivity contribution in [2.45, 2.75) is 6.92 Å². The molecule has 1 aromatic carbocycles. The molecule has 0 aliphatic carbocycles. The summed E-state index contributed by atoms with van der Waals surface area (Å²) in [7, 11) is 0. The van der Waals surface area contributed by atoms with Crippen LogP contribution in [0.1, 0.15) is 17.3 Å². The number of anilines is 1. The molecule has 2 N–H and O–H groups in total. The first-order valence-electron chi connectivity index (χ1n) is 4.34. The highest BCUT2D eigenvalue weighted by Crippen LogP contribution is 2.15. The topological polar surface area (TPSA) is 56.0 Å². The van der Waals surface area contributed by atoms with Gasteiger partial charge in [0, 0.05) is 10.9 Å². The number of benzene rings is 1. The molecule has 2 aromatic rings. The Labute approximate surface area is 81.6 Å². The fourth-order valence-corrected chi connectivity index (χ4v) is 1.35. The summed E-state index contributed by atoms with van der Waals surface area (Å²) in [5.41, 5.74) is 6.98. The predicted octanol–water partition coefficient (Wildman–Crippen LogP) is 2.02. The summed E-state index contributed by atoms with van der Waals surface area (Å²) in [6.45, 7) is 1.54. The van der Waals surface area contributed by atoms with Crippen LogP contribution in [0, 0.1) is 0 Å². The van der Waals surface area contributed by atoms with Gasteiger partial charge in [0.15, 0.2) is 5.78 Å². The van der Waals surface area contributed by atoms with Gasteiger partial charge in [-0.2, -0.15) is 0 Å². The fraction of sp³-hybridized carbons (Fsp3) is 0.0909. The number of carbonyl (C=O) groups excluding carboxylic acids is 1. The number of nitrogens with two attached hydrogens (primary N) is 1. The van der Waals surface area contributed by atoms with Crippen LogP contribution < -0.4 is 5.73 Å². The Kier molecular flexibility index (Phi) is 1.93. The van der Waals surface area contributed by atoms with Crippen LogP contribution >= 0.6 is 0 Å². The maximum absolute atomic E-state index is 11.1. The van der Waals surface area contributed by atoms with E-state index >= 15 is 0 Å². The van der Waals surface area contributed by atoms with Gasteiger partial charge in [-0.05, 0) is 25.1 Å². The Morgan fingerprint density at radius 2 is 2.00 bits per heavy atom. The van der Waals surface area contributed by atoms with Crippen LogP contribution in [0.2, 0.25) is 0 Å². The van der Waals surface area contributed by atoms with E-state index in [0.717, 1.165) is 10.9 Å². The molecule has 0 fully saturated rings. The largest absolute Gasteiger partial charge is 0.384 e. The van der Waals surface area contributed by atoms with E-state index in [-0.39, 0.29) is 5.78 Å². The Morgan fingerprint density at radius 1 is 1.29 bits per heavy atom. The Morgan fingerprint density at radius 3 is 2.71 bits per heavy atom. The molecule has 3 heteroatoms. The minimum Gasteiger partial charge on any atom is -0.384 e. The van der Waals surface area contributed by atoms with E-state index in [4.69, 9.17) is 5.73 Å². The van der Waals surface area contributed by atoms with Crippen molar-refractivity contribution in [1.29, 1.82) is 0 Å². The number of nitrogens with zero attached hydrogens (tertiary/aromatic N) is 1. The third-order valence-electron chi connectivity index (χ3n) is 2.12. The third-order valence-corrected chi connectivity index (χ3v) is 2.12. The van der Waals surface area contributed by atoms with E-state index in [2.05, 4.69) is 4.98 Å². The number of aromatic nitrogens is 1. The summed E-state index contributed by atoms with van der Waals surface area (Å²) in [4.78, 5) is 15.3. The lowest BCUT2D eigenvalue weighted by Gasteiger charge is -2.00. The van der Waals surface area contributed by atoms with Crippen LogP contribution in [0.3, 0.4) is 0 Å². The number of ketones is 1. The molecule has 0 saturated carbocycles. The van der Waals surface area contributed by atoms with Crippen molar-refractivity contribution < 1.29 is 4.79 Å². The zero-order valence-corrected chi connectivity index (χ0v) is 7.82. The van der Waals surface area contributed by atoms with Crippen molar-refractivity contribution in [1.82, 2.24) is 4.98 Å². The van der Waals surface area contributed by atoms with Gasteiger partial charge in [0.05, 0.1) is 5.52 Å². The lowest BCUT2D eigenvalue weighted by atomic mass is 10.1. The molecule has 2 rings (SSSR count). The monoisotopic (exact) mass is 186 g/mol. The number of Topliss-reactive ketones (excluding diaryl/α,β-unsaturated/α-hetero) is 1. The van der Waals surface area contributed by atoms with Crippen molar-refractivity contribution in [3.05, 3.63) is 35.9 Å². The number of hydrogen-bond acceptors (Lipinski definition) is 3. The normalized spacial score (nSPS) is 10.4. The zero-order valence-electron chi connectivity index (χ0n) is 7.82. The van der Waals surface area contributed by atoms with Gasteiger partial charge in [-0.3, -0.25) is 4.79 Å². The number of pyridine rings is 1. The van der Waals surface area contributed by atoms with Crippen molar-refractivity contribution in [3.63, 3.8) is 0 Å². The Bertz CT molecular complexity index is 506. The smallest absolute Gasteiger partial charge is 0.159 e. The molecular weight excluding hydrogens is 176 g/mol. The van der Waals surface area contributed by atoms with E-state index in [1.54, 1.807) is 18.2 Å². The average Bonchev–Trinajstić information content (AvgIpc) is 2.16. The van der Waals surface area contributed by atoms with Gasteiger partial charge in [0.1, 0.15) is 5.82 Å². The number of nitrogen functional groups attached to an aromatic ring is 1. The van der Waals surface area contributed by atoms with Gasteiger partial charge >= 0.3 is 0 Å². The highest BCUT2D eigenvalue weighted by Gasteiger charge is 2.01. The lowest BCUT2D eigenvalue weighted by Crippen LogP contribution is -1.94. The van der Waals surface area contributed by atoms with Crippen molar-refractivity contribution in [2.24, 2.45) is 0 Å². The second kappa shape index (κ2) is 3.10. The van der Waals surface area contributed by atoms with Gasteiger partial charge in [0.25, 0.3) is 0 Å². The molecule has 0 aliphatic heterocycles. The minimum atomic E-state index is 0.0381. The van der Waals surface area contributed by atoms with Gasteiger partial charge in [-0.25, -0.2) is 4.98 Å². The fourth-order valence-electron chi connectivity index (χ4n) is 1.35. The first-order chi connectivity index (χ1) is 6.66. The molecule has 0 amide bonds. The minimum absolute atomic E-state index is 0.0381. The first-order valence-corrected chi connectivity index (χ1v) is 4.34. The van der Waals surface area contributed by atoms with Gasteiger partial charge in [-0.1, -0.05) is 12.1 Å². The van der Waals surface area contributed by atoms with Gasteiger partial charge in [-0.15, -0.1) is 0 Å². The van der Waals surface area contributed by atoms with E-state index in [1.807, 2.05) is 12.1 Å². The third kappa shape index (κ3) is 1.44. The molecule has 3 nitrogen and oxygen atoms in total. The molecule has 1 aromatic heterocycles. The molecule has 0 unspecified atom stereocenters. The maximum Gasteiger partial charge on any atom is 0.159 e. The molecule has 70 valence electrons. The van der Waals surface area contributed by atoms with Crippen LogP contribution in [0.4, 0.5) is 5.82 Å². The molecule has 14 heavy (non-hydrogen) atoms. The van der Waals surface area contributed by atoms with Crippen molar-refractivity contribution in [2.75, 3.05) is 5.73 Å². The first kappa shape index (κ1) is 8.69. The maximum atomic E-state index is 11.1. The summed E-state index contributed by atoms with van der Waals surface area (Å²) in [6, 6.07) is 9.06. The molecule has 0 bridgehead atoms. The summed E-state index contributed by atoms with van der Waals surface area (Å²) in [5, 5.41) is 0.990. The summed E-state index contributed by atoms with van der Waals surface area (Å²) < 4.78 is 0. The highest BCUT2D eigenvalue weighted by molar-refractivity contribution is 5.97.